The molecule has 4 aromatic rings. The molecule has 0 radical (unpaired) electrons. The molecule has 166 valence electrons. The van der Waals surface area contributed by atoms with Gasteiger partial charge in [0, 0.05) is 22.7 Å². The van der Waals surface area contributed by atoms with Crippen LogP contribution in [0.5, 0.6) is 23.0 Å². The van der Waals surface area contributed by atoms with Crippen LogP contribution in [0.3, 0.4) is 0 Å². The first kappa shape index (κ1) is 21.9. The minimum absolute atomic E-state index is 0.0146. The van der Waals surface area contributed by atoms with Gasteiger partial charge in [-0.1, -0.05) is 30.3 Å². The Bertz CT molecular complexity index is 1320. The van der Waals surface area contributed by atoms with Crippen molar-refractivity contribution in [1.29, 1.82) is 0 Å². The summed E-state index contributed by atoms with van der Waals surface area (Å²) in [5, 5.41) is 10.7. The van der Waals surface area contributed by atoms with Crippen LogP contribution in [0.4, 0.5) is 0 Å². The Balaban J connectivity index is 1.53. The second kappa shape index (κ2) is 9.87. The Morgan fingerprint density at radius 1 is 0.939 bits per heavy atom. The maximum Gasteiger partial charge on any atom is 0.185 e. The Morgan fingerprint density at radius 2 is 1.76 bits per heavy atom. The van der Waals surface area contributed by atoms with Crippen LogP contribution in [0.2, 0.25) is 0 Å². The van der Waals surface area contributed by atoms with E-state index in [2.05, 4.69) is 4.98 Å². The van der Waals surface area contributed by atoms with E-state index in [1.165, 1.54) is 25.3 Å². The Kier molecular flexibility index (Phi) is 6.55. The Hall–Kier alpha value is -4.32. The van der Waals surface area contributed by atoms with Crippen LogP contribution in [0.1, 0.15) is 21.5 Å². The summed E-state index contributed by atoms with van der Waals surface area (Å²) in [5.74, 6) is 1.41. The van der Waals surface area contributed by atoms with E-state index in [1.54, 1.807) is 25.4 Å². The lowest BCUT2D eigenvalue weighted by molar-refractivity contribution is 0.104. The van der Waals surface area contributed by atoms with Crippen LogP contribution >= 0.6 is 0 Å². The van der Waals surface area contributed by atoms with Crippen LogP contribution in [0.25, 0.3) is 17.0 Å². The number of benzene rings is 3. The number of para-hydroxylation sites is 1. The van der Waals surface area contributed by atoms with Gasteiger partial charge in [-0.15, -0.1) is 0 Å². The Morgan fingerprint density at radius 3 is 2.58 bits per heavy atom. The van der Waals surface area contributed by atoms with E-state index in [4.69, 9.17) is 14.2 Å². The third kappa shape index (κ3) is 4.96. The van der Waals surface area contributed by atoms with Gasteiger partial charge in [-0.05, 0) is 54.1 Å². The number of phenolic OH excluding ortho intramolecular Hbond substituents is 1. The molecule has 3 aromatic carbocycles. The number of fused-ring (bicyclic) bond motifs is 1. The van der Waals surface area contributed by atoms with Gasteiger partial charge in [-0.25, -0.2) is 0 Å². The van der Waals surface area contributed by atoms with Crippen LogP contribution in [-0.4, -0.2) is 30.1 Å². The zero-order chi connectivity index (χ0) is 23.2. The zero-order valence-electron chi connectivity index (χ0n) is 18.3. The number of hydrogen-bond acceptors (Lipinski definition) is 6. The molecular weight excluding hydrogens is 418 g/mol. The zero-order valence-corrected chi connectivity index (χ0v) is 18.3. The molecule has 0 unspecified atom stereocenters. The van der Waals surface area contributed by atoms with Gasteiger partial charge in [0.05, 0.1) is 14.2 Å². The van der Waals surface area contributed by atoms with E-state index in [0.29, 0.717) is 17.1 Å². The fourth-order valence-corrected chi connectivity index (χ4v) is 3.46. The first-order valence-corrected chi connectivity index (χ1v) is 10.3. The summed E-state index contributed by atoms with van der Waals surface area (Å²) in [5.41, 5.74) is 2.88. The van der Waals surface area contributed by atoms with Gasteiger partial charge < -0.3 is 19.3 Å². The first-order valence-electron chi connectivity index (χ1n) is 10.3. The quantitative estimate of drug-likeness (QED) is 0.290. The molecule has 6 heteroatoms. The number of methoxy groups -OCH3 is 2. The summed E-state index contributed by atoms with van der Waals surface area (Å²) >= 11 is 0. The van der Waals surface area contributed by atoms with Gasteiger partial charge in [0.2, 0.25) is 0 Å². The number of carbonyl (C=O) groups is 1. The van der Waals surface area contributed by atoms with Crippen LogP contribution in [-0.2, 0) is 6.61 Å². The molecule has 0 aliphatic heterocycles. The molecule has 0 saturated carbocycles. The number of phenols is 1. The Labute approximate surface area is 191 Å². The average Bonchev–Trinajstić information content (AvgIpc) is 2.86. The average molecular weight is 441 g/mol. The molecule has 0 atom stereocenters. The number of hydrogen-bond donors (Lipinski definition) is 1. The number of carbonyl (C=O) groups excluding carboxylic acids is 1. The topological polar surface area (TPSA) is 77.9 Å². The lowest BCUT2D eigenvalue weighted by Gasteiger charge is -2.12. The molecule has 4 rings (SSSR count). The molecule has 1 N–H and O–H groups in total. The smallest absolute Gasteiger partial charge is 0.185 e. The summed E-state index contributed by atoms with van der Waals surface area (Å²) in [6, 6.07) is 19.8. The molecule has 33 heavy (non-hydrogen) atoms. The molecule has 0 bridgehead atoms. The summed E-state index contributed by atoms with van der Waals surface area (Å²) in [6.45, 7) is 0.281. The number of ketones is 1. The number of nitrogens with zero attached hydrogens (tertiary/aromatic N) is 1. The molecule has 1 aromatic heterocycles. The van der Waals surface area contributed by atoms with Crippen molar-refractivity contribution in [2.75, 3.05) is 14.2 Å². The number of rotatable bonds is 8. The number of aromatic nitrogens is 1. The van der Waals surface area contributed by atoms with Gasteiger partial charge >= 0.3 is 0 Å². The highest BCUT2D eigenvalue weighted by Crippen LogP contribution is 2.28. The number of ether oxygens (including phenoxy) is 3. The lowest BCUT2D eigenvalue weighted by Crippen LogP contribution is -2.00. The molecule has 0 spiro atoms. The van der Waals surface area contributed by atoms with Crippen molar-refractivity contribution in [3.8, 4) is 23.0 Å². The second-order valence-electron chi connectivity index (χ2n) is 7.28. The van der Waals surface area contributed by atoms with Crippen LogP contribution < -0.4 is 14.2 Å². The second-order valence-corrected chi connectivity index (χ2v) is 7.28. The van der Waals surface area contributed by atoms with Crippen LogP contribution in [0, 0.1) is 0 Å². The highest BCUT2D eigenvalue weighted by Gasteiger charge is 2.10. The SMILES string of the molecule is COc1cc(C(=O)/C=C/c2ccc(OC)c(COc3cccc4cccnc34)c2)ccc1O. The predicted octanol–water partition coefficient (Wildman–Crippen LogP) is 5.43. The van der Waals surface area contributed by atoms with E-state index < -0.39 is 0 Å². The normalized spacial score (nSPS) is 11.0. The van der Waals surface area contributed by atoms with E-state index in [1.807, 2.05) is 48.5 Å². The van der Waals surface area contributed by atoms with E-state index >= 15 is 0 Å². The van der Waals surface area contributed by atoms with Crippen molar-refractivity contribution >= 4 is 22.8 Å². The molecule has 0 saturated heterocycles. The fourth-order valence-electron chi connectivity index (χ4n) is 3.46. The lowest BCUT2D eigenvalue weighted by atomic mass is 10.1. The number of pyridine rings is 1. The van der Waals surface area contributed by atoms with Crippen molar-refractivity contribution in [3.05, 3.63) is 95.7 Å². The van der Waals surface area contributed by atoms with Gasteiger partial charge in [0.1, 0.15) is 23.6 Å². The number of allylic oxidation sites excluding steroid dienone is 1. The molecule has 0 amide bonds. The van der Waals surface area contributed by atoms with Gasteiger partial charge in [0.25, 0.3) is 0 Å². The highest BCUT2D eigenvalue weighted by molar-refractivity contribution is 6.07. The van der Waals surface area contributed by atoms with Crippen molar-refractivity contribution in [1.82, 2.24) is 4.98 Å². The molecule has 6 nitrogen and oxygen atoms in total. The van der Waals surface area contributed by atoms with Crippen molar-refractivity contribution in [2.45, 2.75) is 6.61 Å². The third-order valence-corrected chi connectivity index (χ3v) is 5.17. The highest BCUT2D eigenvalue weighted by atomic mass is 16.5. The summed E-state index contributed by atoms with van der Waals surface area (Å²) in [4.78, 5) is 17.0. The molecular formula is C27H23NO5. The molecule has 1 heterocycles. The molecule has 0 aliphatic rings. The minimum atomic E-state index is -0.205. The maximum atomic E-state index is 12.6. The predicted molar refractivity (Wildman–Crippen MR) is 127 cm³/mol. The molecule has 0 fully saturated rings. The van der Waals surface area contributed by atoms with Gasteiger partial charge in [-0.2, -0.15) is 0 Å². The molecule has 0 aliphatic carbocycles. The standard InChI is InChI=1S/C27H23NO5/c1-31-24-13-9-18(8-11-22(29)20-10-12-23(30)26(16-20)32-2)15-21(24)17-33-25-7-3-5-19-6-4-14-28-27(19)25/h3-16,30H,17H2,1-2H3/b11-8+. The first-order chi connectivity index (χ1) is 16.1. The van der Waals surface area contributed by atoms with Crippen molar-refractivity contribution in [3.63, 3.8) is 0 Å². The maximum absolute atomic E-state index is 12.6. The third-order valence-electron chi connectivity index (χ3n) is 5.17. The number of aromatic hydroxyl groups is 1. The van der Waals surface area contributed by atoms with Gasteiger partial charge in [-0.3, -0.25) is 9.78 Å². The van der Waals surface area contributed by atoms with E-state index in [9.17, 15) is 9.90 Å². The minimum Gasteiger partial charge on any atom is -0.504 e. The summed E-state index contributed by atoms with van der Waals surface area (Å²) in [6.07, 6.45) is 4.94. The van der Waals surface area contributed by atoms with Crippen molar-refractivity contribution in [2.24, 2.45) is 0 Å². The van der Waals surface area contributed by atoms with Crippen LogP contribution in [0.15, 0.2) is 79.0 Å². The van der Waals surface area contributed by atoms with Gasteiger partial charge in [0.15, 0.2) is 17.3 Å². The van der Waals surface area contributed by atoms with E-state index in [0.717, 1.165) is 22.0 Å². The monoisotopic (exact) mass is 441 g/mol. The fraction of sp³-hybridized carbons (Fsp3) is 0.111. The summed E-state index contributed by atoms with van der Waals surface area (Å²) in [7, 11) is 3.05. The summed E-state index contributed by atoms with van der Waals surface area (Å²) < 4.78 is 16.6. The van der Waals surface area contributed by atoms with E-state index in [-0.39, 0.29) is 23.9 Å². The largest absolute Gasteiger partial charge is 0.504 e. The van der Waals surface area contributed by atoms with Crippen molar-refractivity contribution < 1.29 is 24.1 Å².